The molecule has 2 atom stereocenters. The van der Waals surface area contributed by atoms with Crippen LogP contribution in [0.2, 0.25) is 0 Å². The van der Waals surface area contributed by atoms with E-state index in [0.29, 0.717) is 18.6 Å². The van der Waals surface area contributed by atoms with Crippen molar-refractivity contribution in [3.8, 4) is 5.75 Å². The molecule has 8 heteroatoms. The van der Waals surface area contributed by atoms with Crippen LogP contribution in [-0.4, -0.2) is 47.9 Å². The highest BCUT2D eigenvalue weighted by molar-refractivity contribution is 9.10. The number of esters is 2. The minimum atomic E-state index is -0.773. The van der Waals surface area contributed by atoms with Gasteiger partial charge in [0.05, 0.1) is 5.52 Å². The van der Waals surface area contributed by atoms with E-state index in [9.17, 15) is 9.59 Å². The highest BCUT2D eigenvalue weighted by Crippen LogP contribution is 2.43. The predicted octanol–water partition coefficient (Wildman–Crippen LogP) is 3.81. The molecular weight excluding hydrogens is 442 g/mol. The van der Waals surface area contributed by atoms with Crippen molar-refractivity contribution < 1.29 is 28.5 Å². The summed E-state index contributed by atoms with van der Waals surface area (Å²) < 4.78 is 23.5. The van der Waals surface area contributed by atoms with Gasteiger partial charge in [-0.25, -0.2) is 0 Å². The lowest BCUT2D eigenvalue weighted by atomic mass is 9.71. The molecule has 1 saturated carbocycles. The summed E-state index contributed by atoms with van der Waals surface area (Å²) in [5, 5.41) is 1.01. The van der Waals surface area contributed by atoms with Gasteiger partial charge in [-0.15, -0.1) is 0 Å². The quantitative estimate of drug-likeness (QED) is 0.574. The molecule has 156 valence electrons. The Balaban J connectivity index is 1.71. The van der Waals surface area contributed by atoms with Crippen LogP contribution in [0.15, 0.2) is 34.9 Å². The van der Waals surface area contributed by atoms with Crippen molar-refractivity contribution in [3.63, 3.8) is 0 Å². The number of hydrogen-bond donors (Lipinski definition) is 0. The molecule has 1 aliphatic rings. The minimum absolute atomic E-state index is 0.120. The fraction of sp³-hybridized carbons (Fsp3) is 0.476. The Morgan fingerprint density at radius 3 is 2.48 bits per heavy atom. The number of carbonyl (C=O) groups is 2. The summed E-state index contributed by atoms with van der Waals surface area (Å²) >= 11 is 3.41. The summed E-state index contributed by atoms with van der Waals surface area (Å²) in [6.45, 7) is 4.33. The topological polar surface area (TPSA) is 84.0 Å². The van der Waals surface area contributed by atoms with E-state index in [1.165, 1.54) is 13.8 Å². The molecule has 0 saturated heterocycles. The standard InChI is InChI=1S/C21H24BrNO6/c1-12(27-13(2)24)20(28-14(3)25)21(26-4)9-18(10-21)29-17-6-5-15-7-16(22)11-23-19(15)8-17/h5-8,11-12,18,20H,9-10H2,1-4H3/t12-,18-,20-,21-/m0/s1. The maximum Gasteiger partial charge on any atom is 0.303 e. The first-order chi connectivity index (χ1) is 13.7. The second-order valence-corrected chi connectivity index (χ2v) is 8.19. The maximum atomic E-state index is 11.6. The summed E-state index contributed by atoms with van der Waals surface area (Å²) in [6.07, 6.45) is 1.26. The number of benzene rings is 1. The Labute approximate surface area is 177 Å². The maximum absolute atomic E-state index is 11.6. The number of pyridine rings is 1. The first-order valence-corrected chi connectivity index (χ1v) is 10.1. The summed E-state index contributed by atoms with van der Waals surface area (Å²) in [4.78, 5) is 27.4. The van der Waals surface area contributed by atoms with Gasteiger partial charge in [-0.2, -0.15) is 0 Å². The molecule has 0 N–H and O–H groups in total. The number of hydrogen-bond acceptors (Lipinski definition) is 7. The second kappa shape index (κ2) is 8.67. The summed E-state index contributed by atoms with van der Waals surface area (Å²) in [7, 11) is 1.56. The van der Waals surface area contributed by atoms with E-state index in [0.717, 1.165) is 15.4 Å². The van der Waals surface area contributed by atoms with Crippen molar-refractivity contribution in [3.05, 3.63) is 34.9 Å². The molecule has 1 aromatic carbocycles. The van der Waals surface area contributed by atoms with Crippen LogP contribution < -0.4 is 4.74 Å². The third kappa shape index (κ3) is 4.87. The molecule has 29 heavy (non-hydrogen) atoms. The third-order valence-electron chi connectivity index (χ3n) is 5.07. The number of fused-ring (bicyclic) bond motifs is 1. The smallest absolute Gasteiger partial charge is 0.303 e. The molecule has 1 fully saturated rings. The molecule has 1 aromatic heterocycles. The fourth-order valence-corrected chi connectivity index (χ4v) is 4.13. The average Bonchev–Trinajstić information content (AvgIpc) is 2.62. The van der Waals surface area contributed by atoms with Crippen molar-refractivity contribution in [1.29, 1.82) is 0 Å². The summed E-state index contributed by atoms with van der Waals surface area (Å²) in [5.41, 5.74) is 0.0647. The van der Waals surface area contributed by atoms with E-state index >= 15 is 0 Å². The van der Waals surface area contributed by atoms with E-state index in [1.807, 2.05) is 24.3 Å². The SMILES string of the molecule is CO[C@]1([C@@H](OC(C)=O)[C@H](C)OC(C)=O)C[C@@H](Oc2ccc3cc(Br)cnc3c2)C1. The summed E-state index contributed by atoms with van der Waals surface area (Å²) in [6, 6.07) is 7.73. The Morgan fingerprint density at radius 1 is 1.17 bits per heavy atom. The molecule has 2 aromatic rings. The van der Waals surface area contributed by atoms with E-state index in [4.69, 9.17) is 18.9 Å². The minimum Gasteiger partial charge on any atom is -0.490 e. The van der Waals surface area contributed by atoms with Gasteiger partial charge in [0.2, 0.25) is 0 Å². The number of aromatic nitrogens is 1. The van der Waals surface area contributed by atoms with Crippen LogP contribution >= 0.6 is 15.9 Å². The second-order valence-electron chi connectivity index (χ2n) is 7.27. The van der Waals surface area contributed by atoms with Crippen LogP contribution in [-0.2, 0) is 23.8 Å². The van der Waals surface area contributed by atoms with Crippen molar-refractivity contribution in [1.82, 2.24) is 4.98 Å². The number of rotatable bonds is 7. The van der Waals surface area contributed by atoms with E-state index in [1.54, 1.807) is 20.2 Å². The number of nitrogens with zero attached hydrogens (tertiary/aromatic N) is 1. The molecule has 7 nitrogen and oxygen atoms in total. The molecule has 0 amide bonds. The highest BCUT2D eigenvalue weighted by atomic mass is 79.9. The number of carbonyl (C=O) groups excluding carboxylic acids is 2. The average molecular weight is 466 g/mol. The highest BCUT2D eigenvalue weighted by Gasteiger charge is 2.56. The lowest BCUT2D eigenvalue weighted by Gasteiger charge is -2.50. The van der Waals surface area contributed by atoms with Gasteiger partial charge in [0.15, 0.2) is 6.10 Å². The molecular formula is C21H24BrNO6. The van der Waals surface area contributed by atoms with Crippen LogP contribution in [0.25, 0.3) is 10.9 Å². The molecule has 0 aliphatic heterocycles. The van der Waals surface area contributed by atoms with Gasteiger partial charge in [0.1, 0.15) is 23.6 Å². The van der Waals surface area contributed by atoms with Crippen molar-refractivity contribution in [2.75, 3.05) is 7.11 Å². The van der Waals surface area contributed by atoms with Gasteiger partial charge in [-0.3, -0.25) is 14.6 Å². The van der Waals surface area contributed by atoms with E-state index in [2.05, 4.69) is 20.9 Å². The van der Waals surface area contributed by atoms with Crippen molar-refractivity contribution in [2.45, 2.75) is 57.5 Å². The first kappa shape index (κ1) is 21.5. The normalized spacial score (nSPS) is 23.0. The zero-order valence-electron chi connectivity index (χ0n) is 16.8. The van der Waals surface area contributed by atoms with Gasteiger partial charge in [-0.05, 0) is 41.1 Å². The van der Waals surface area contributed by atoms with Crippen LogP contribution in [0.5, 0.6) is 5.75 Å². The third-order valence-corrected chi connectivity index (χ3v) is 5.50. The van der Waals surface area contributed by atoms with E-state index < -0.39 is 29.7 Å². The van der Waals surface area contributed by atoms with Crippen molar-refractivity contribution in [2.24, 2.45) is 0 Å². The summed E-state index contributed by atoms with van der Waals surface area (Å²) in [5.74, 6) is -0.191. The lowest BCUT2D eigenvalue weighted by molar-refractivity contribution is -0.227. The number of halogens is 1. The van der Waals surface area contributed by atoms with Gasteiger partial charge in [0.25, 0.3) is 0 Å². The van der Waals surface area contributed by atoms with Crippen LogP contribution in [0.4, 0.5) is 0 Å². The zero-order valence-corrected chi connectivity index (χ0v) is 18.4. The predicted molar refractivity (Wildman–Crippen MR) is 110 cm³/mol. The Hall–Kier alpha value is -2.19. The molecule has 0 unspecified atom stereocenters. The Bertz CT molecular complexity index is 911. The zero-order chi connectivity index (χ0) is 21.2. The molecule has 3 rings (SSSR count). The van der Waals surface area contributed by atoms with Crippen LogP contribution in [0.3, 0.4) is 0 Å². The van der Waals surface area contributed by atoms with Gasteiger partial charge < -0.3 is 18.9 Å². The number of methoxy groups -OCH3 is 1. The van der Waals surface area contributed by atoms with Crippen molar-refractivity contribution >= 4 is 38.8 Å². The largest absolute Gasteiger partial charge is 0.490 e. The van der Waals surface area contributed by atoms with Crippen LogP contribution in [0, 0.1) is 0 Å². The Morgan fingerprint density at radius 2 is 1.86 bits per heavy atom. The molecule has 1 aliphatic carbocycles. The first-order valence-electron chi connectivity index (χ1n) is 9.34. The van der Waals surface area contributed by atoms with Gasteiger partial charge >= 0.3 is 11.9 Å². The van der Waals surface area contributed by atoms with Gasteiger partial charge in [-0.1, -0.05) is 0 Å². The monoisotopic (exact) mass is 465 g/mol. The fourth-order valence-electron chi connectivity index (χ4n) is 3.78. The molecule has 0 spiro atoms. The Kier molecular flexibility index (Phi) is 6.43. The molecule has 0 radical (unpaired) electrons. The van der Waals surface area contributed by atoms with E-state index in [-0.39, 0.29) is 6.10 Å². The number of ether oxygens (including phenoxy) is 4. The lowest BCUT2D eigenvalue weighted by Crippen LogP contribution is -2.62. The molecule has 1 heterocycles. The van der Waals surface area contributed by atoms with Gasteiger partial charge in [0, 0.05) is 55.9 Å². The van der Waals surface area contributed by atoms with Crippen LogP contribution in [0.1, 0.15) is 33.6 Å². The molecule has 0 bridgehead atoms.